The van der Waals surface area contributed by atoms with Crippen LogP contribution < -0.4 is 10.9 Å². The number of aromatic nitrogens is 4. The molecule has 0 aromatic carbocycles. The molecule has 1 aliphatic rings. The van der Waals surface area contributed by atoms with Crippen LogP contribution in [0.5, 0.6) is 0 Å². The molecule has 0 bridgehead atoms. The highest BCUT2D eigenvalue weighted by atomic mass is 32.2. The van der Waals surface area contributed by atoms with E-state index in [-0.39, 0.29) is 29.7 Å². The van der Waals surface area contributed by atoms with E-state index in [0.717, 1.165) is 0 Å². The molecule has 1 saturated heterocycles. The van der Waals surface area contributed by atoms with E-state index in [1.54, 1.807) is 22.8 Å². The molecule has 1 unspecified atom stereocenters. The van der Waals surface area contributed by atoms with E-state index in [1.807, 2.05) is 0 Å². The zero-order valence-electron chi connectivity index (χ0n) is 13.1. The summed E-state index contributed by atoms with van der Waals surface area (Å²) < 4.78 is 25.7. The van der Waals surface area contributed by atoms with Gasteiger partial charge in [0.05, 0.1) is 28.6 Å². The highest BCUT2D eigenvalue weighted by molar-refractivity contribution is 7.91. The van der Waals surface area contributed by atoms with Crippen molar-refractivity contribution in [2.75, 3.05) is 11.5 Å². The summed E-state index contributed by atoms with van der Waals surface area (Å²) in [6.45, 7) is -0.178. The largest absolute Gasteiger partial charge is 0.351 e. The van der Waals surface area contributed by atoms with Crippen molar-refractivity contribution in [2.45, 2.75) is 19.0 Å². The third-order valence-corrected chi connectivity index (χ3v) is 6.04. The molecule has 0 radical (unpaired) electrons. The van der Waals surface area contributed by atoms with Crippen LogP contribution in [0.1, 0.15) is 6.42 Å². The number of pyridine rings is 1. The summed E-state index contributed by atoms with van der Waals surface area (Å²) in [6, 6.07) is 3.04. The number of carbonyl (C=O) groups is 1. The Bertz CT molecular complexity index is 1150. The second-order valence-electron chi connectivity index (χ2n) is 6.07. The molecule has 1 aliphatic heterocycles. The number of carbonyl (C=O) groups excluding carboxylic acids is 1. The number of nitrogens with one attached hydrogen (secondary N) is 1. The summed E-state index contributed by atoms with van der Waals surface area (Å²) in [7, 11) is -3.07. The monoisotopic (exact) mass is 361 g/mol. The van der Waals surface area contributed by atoms with Crippen molar-refractivity contribution in [1.82, 2.24) is 24.5 Å². The van der Waals surface area contributed by atoms with Crippen LogP contribution >= 0.6 is 0 Å². The zero-order valence-corrected chi connectivity index (χ0v) is 13.9. The molecule has 9 nitrogen and oxygen atoms in total. The minimum absolute atomic E-state index is 0.0490. The van der Waals surface area contributed by atoms with Crippen LogP contribution in [-0.2, 0) is 21.2 Å². The minimum Gasteiger partial charge on any atom is -0.351 e. The lowest BCUT2D eigenvalue weighted by Crippen LogP contribution is -2.39. The maximum atomic E-state index is 12.6. The van der Waals surface area contributed by atoms with Crippen LogP contribution in [0.15, 0.2) is 35.5 Å². The van der Waals surface area contributed by atoms with Crippen molar-refractivity contribution in [1.29, 1.82) is 0 Å². The summed E-state index contributed by atoms with van der Waals surface area (Å²) in [6.07, 6.45) is 4.99. The smallest absolute Gasteiger partial charge is 0.262 e. The van der Waals surface area contributed by atoms with Crippen LogP contribution in [0.3, 0.4) is 0 Å². The zero-order chi connectivity index (χ0) is 17.6. The first kappa shape index (κ1) is 15.8. The van der Waals surface area contributed by atoms with Crippen LogP contribution in [0, 0.1) is 0 Å². The van der Waals surface area contributed by atoms with Crippen LogP contribution in [0.25, 0.3) is 16.6 Å². The molecule has 3 aromatic rings. The second kappa shape index (κ2) is 5.66. The lowest BCUT2D eigenvalue weighted by molar-refractivity contribution is -0.122. The van der Waals surface area contributed by atoms with E-state index in [0.29, 0.717) is 23.0 Å². The Morgan fingerprint density at radius 3 is 2.96 bits per heavy atom. The number of rotatable bonds is 3. The van der Waals surface area contributed by atoms with Gasteiger partial charge in [-0.15, -0.1) is 0 Å². The van der Waals surface area contributed by atoms with Gasteiger partial charge in [0.15, 0.2) is 15.5 Å². The van der Waals surface area contributed by atoms with Crippen molar-refractivity contribution in [3.05, 3.63) is 41.1 Å². The molecule has 10 heteroatoms. The summed E-state index contributed by atoms with van der Waals surface area (Å²) in [5, 5.41) is 7.16. The van der Waals surface area contributed by atoms with Crippen molar-refractivity contribution in [3.8, 4) is 0 Å². The number of amides is 1. The molecule has 3 aromatic heterocycles. The lowest BCUT2D eigenvalue weighted by Gasteiger charge is -2.12. The van der Waals surface area contributed by atoms with Gasteiger partial charge in [-0.05, 0) is 12.5 Å². The summed E-state index contributed by atoms with van der Waals surface area (Å²) in [5.74, 6) is -0.358. The summed E-state index contributed by atoms with van der Waals surface area (Å²) >= 11 is 0. The Balaban J connectivity index is 1.59. The Morgan fingerprint density at radius 2 is 2.20 bits per heavy atom. The molecule has 1 atom stereocenters. The van der Waals surface area contributed by atoms with Gasteiger partial charge in [0.1, 0.15) is 6.54 Å². The Morgan fingerprint density at radius 1 is 1.36 bits per heavy atom. The first-order chi connectivity index (χ1) is 11.9. The molecule has 4 heterocycles. The van der Waals surface area contributed by atoms with Gasteiger partial charge >= 0.3 is 0 Å². The number of hydrogen-bond acceptors (Lipinski definition) is 6. The first-order valence-corrected chi connectivity index (χ1v) is 9.57. The molecule has 130 valence electrons. The van der Waals surface area contributed by atoms with Crippen molar-refractivity contribution < 1.29 is 13.2 Å². The fourth-order valence-electron chi connectivity index (χ4n) is 3.06. The number of hydrogen-bond donors (Lipinski definition) is 1. The Kier molecular flexibility index (Phi) is 3.57. The molecule has 4 rings (SSSR count). The quantitative estimate of drug-likeness (QED) is 0.663. The van der Waals surface area contributed by atoms with Crippen molar-refractivity contribution in [2.24, 2.45) is 0 Å². The van der Waals surface area contributed by atoms with Gasteiger partial charge in [0, 0.05) is 24.5 Å². The minimum atomic E-state index is -3.07. The van der Waals surface area contributed by atoms with E-state index >= 15 is 0 Å². The van der Waals surface area contributed by atoms with Gasteiger partial charge in [-0.2, -0.15) is 5.10 Å². The van der Waals surface area contributed by atoms with Gasteiger partial charge in [-0.1, -0.05) is 0 Å². The molecule has 0 aliphatic carbocycles. The maximum absolute atomic E-state index is 12.6. The van der Waals surface area contributed by atoms with Gasteiger partial charge in [0.25, 0.3) is 5.56 Å². The molecule has 25 heavy (non-hydrogen) atoms. The van der Waals surface area contributed by atoms with Crippen LogP contribution in [-0.4, -0.2) is 51.0 Å². The fraction of sp³-hybridized carbons (Fsp3) is 0.333. The van der Waals surface area contributed by atoms with E-state index in [4.69, 9.17) is 0 Å². The fourth-order valence-corrected chi connectivity index (χ4v) is 4.73. The van der Waals surface area contributed by atoms with Gasteiger partial charge in [-0.25, -0.2) is 17.9 Å². The first-order valence-electron chi connectivity index (χ1n) is 7.75. The molecule has 0 spiro atoms. The van der Waals surface area contributed by atoms with Crippen molar-refractivity contribution in [3.63, 3.8) is 0 Å². The average Bonchev–Trinajstić information content (AvgIpc) is 3.16. The molecular weight excluding hydrogens is 346 g/mol. The van der Waals surface area contributed by atoms with E-state index in [2.05, 4.69) is 15.4 Å². The normalized spacial score (nSPS) is 19.4. The highest BCUT2D eigenvalue weighted by Crippen LogP contribution is 2.12. The summed E-state index contributed by atoms with van der Waals surface area (Å²) in [4.78, 5) is 28.9. The van der Waals surface area contributed by atoms with Crippen LogP contribution in [0.2, 0.25) is 0 Å². The molecule has 1 fully saturated rings. The number of nitrogens with zero attached hydrogens (tertiary/aromatic N) is 4. The third-order valence-electron chi connectivity index (χ3n) is 4.27. The average molecular weight is 361 g/mol. The molecule has 1 amide bonds. The third kappa shape index (κ3) is 2.88. The lowest BCUT2D eigenvalue weighted by atomic mass is 10.2. The van der Waals surface area contributed by atoms with E-state index < -0.39 is 15.7 Å². The van der Waals surface area contributed by atoms with Gasteiger partial charge in [-0.3, -0.25) is 9.59 Å². The van der Waals surface area contributed by atoms with Crippen LogP contribution in [0.4, 0.5) is 0 Å². The Labute approximate surface area is 142 Å². The molecule has 0 saturated carbocycles. The SMILES string of the molecule is O=C(Cn1ccc2c(cnc3ccnn32)c1=O)NC1CCS(=O)(=O)C1. The highest BCUT2D eigenvalue weighted by Gasteiger charge is 2.28. The predicted octanol–water partition coefficient (Wildman–Crippen LogP) is -0.652. The van der Waals surface area contributed by atoms with Crippen molar-refractivity contribution >= 4 is 32.3 Å². The van der Waals surface area contributed by atoms with E-state index in [9.17, 15) is 18.0 Å². The Hall–Kier alpha value is -2.75. The number of sulfone groups is 1. The maximum Gasteiger partial charge on any atom is 0.262 e. The van der Waals surface area contributed by atoms with Gasteiger partial charge < -0.3 is 9.88 Å². The second-order valence-corrected chi connectivity index (χ2v) is 8.30. The number of fused-ring (bicyclic) bond motifs is 3. The summed E-state index contributed by atoms with van der Waals surface area (Å²) in [5.41, 5.74) is 0.889. The molecule has 1 N–H and O–H groups in total. The predicted molar refractivity (Wildman–Crippen MR) is 90.0 cm³/mol. The standard InChI is InChI=1S/C15H15N5O4S/c21-14(18-10-3-6-25(23,24)9-10)8-19-5-2-12-11(15(19)22)7-16-13-1-4-17-20(12)13/h1-2,4-5,7,10H,3,6,8-9H2,(H,18,21). The topological polar surface area (TPSA) is 115 Å². The van der Waals surface area contributed by atoms with E-state index in [1.165, 1.54) is 17.0 Å². The molecular formula is C15H15N5O4S. The van der Waals surface area contributed by atoms with Gasteiger partial charge in [0.2, 0.25) is 5.91 Å².